The summed E-state index contributed by atoms with van der Waals surface area (Å²) in [5.74, 6) is 0.502. The molecule has 0 unspecified atom stereocenters. The molecular formula is C20H20ClN3O2. The molecule has 1 amide bonds. The number of aromatic nitrogens is 2. The molecule has 1 aromatic heterocycles. The molecule has 0 atom stereocenters. The number of aryl methyl sites for hydroxylation is 2. The molecule has 134 valence electrons. The van der Waals surface area contributed by atoms with Gasteiger partial charge in [0.25, 0.3) is 5.91 Å². The predicted octanol–water partition coefficient (Wildman–Crippen LogP) is 3.89. The van der Waals surface area contributed by atoms with Gasteiger partial charge in [-0.05, 0) is 42.3 Å². The molecule has 0 aliphatic carbocycles. The van der Waals surface area contributed by atoms with Gasteiger partial charge < -0.3 is 10.1 Å². The zero-order chi connectivity index (χ0) is 18.5. The average Bonchev–Trinajstić information content (AvgIpc) is 3.06. The molecule has 0 saturated carbocycles. The highest BCUT2D eigenvalue weighted by atomic mass is 35.5. The van der Waals surface area contributed by atoms with Gasteiger partial charge in [0.15, 0.2) is 0 Å². The summed E-state index contributed by atoms with van der Waals surface area (Å²) < 4.78 is 7.50. The van der Waals surface area contributed by atoms with Crippen LogP contribution in [0, 0.1) is 6.92 Å². The van der Waals surface area contributed by atoms with E-state index in [1.54, 1.807) is 16.9 Å². The summed E-state index contributed by atoms with van der Waals surface area (Å²) in [6.07, 6.45) is 3.60. The van der Waals surface area contributed by atoms with E-state index in [1.807, 2.05) is 56.6 Å². The Hall–Kier alpha value is -2.79. The van der Waals surface area contributed by atoms with Crippen molar-refractivity contribution in [2.75, 3.05) is 0 Å². The monoisotopic (exact) mass is 369 g/mol. The SMILES string of the molecule is Cc1ccc(Cl)c(OCc2cccc(C(=O)NCc3cnn(C)c3)c2)c1. The molecule has 3 aromatic rings. The van der Waals surface area contributed by atoms with Crippen molar-refractivity contribution >= 4 is 17.5 Å². The number of benzene rings is 2. The summed E-state index contributed by atoms with van der Waals surface area (Å²) in [6, 6.07) is 13.0. The Kier molecular flexibility index (Phi) is 5.58. The fourth-order valence-electron chi connectivity index (χ4n) is 2.53. The fraction of sp³-hybridized carbons (Fsp3) is 0.200. The zero-order valence-electron chi connectivity index (χ0n) is 14.7. The van der Waals surface area contributed by atoms with Gasteiger partial charge in [-0.2, -0.15) is 5.10 Å². The third-order valence-corrected chi connectivity index (χ3v) is 4.19. The molecule has 0 aliphatic heterocycles. The average molecular weight is 370 g/mol. The van der Waals surface area contributed by atoms with Gasteiger partial charge in [-0.1, -0.05) is 29.8 Å². The molecule has 1 N–H and O–H groups in total. The topological polar surface area (TPSA) is 56.1 Å². The van der Waals surface area contributed by atoms with E-state index in [2.05, 4.69) is 10.4 Å². The largest absolute Gasteiger partial charge is 0.487 e. The second-order valence-electron chi connectivity index (χ2n) is 6.13. The summed E-state index contributed by atoms with van der Waals surface area (Å²) in [7, 11) is 1.84. The first-order valence-electron chi connectivity index (χ1n) is 8.25. The summed E-state index contributed by atoms with van der Waals surface area (Å²) in [6.45, 7) is 2.76. The number of hydrogen-bond donors (Lipinski definition) is 1. The molecule has 0 radical (unpaired) electrons. The highest BCUT2D eigenvalue weighted by molar-refractivity contribution is 6.32. The lowest BCUT2D eigenvalue weighted by atomic mass is 10.1. The molecule has 0 bridgehead atoms. The third kappa shape index (κ3) is 4.64. The number of amides is 1. The van der Waals surface area contributed by atoms with E-state index in [9.17, 15) is 4.79 Å². The van der Waals surface area contributed by atoms with Gasteiger partial charge in [0.1, 0.15) is 12.4 Å². The highest BCUT2D eigenvalue weighted by Gasteiger charge is 2.08. The molecule has 26 heavy (non-hydrogen) atoms. The Morgan fingerprint density at radius 2 is 2.08 bits per heavy atom. The van der Waals surface area contributed by atoms with Gasteiger partial charge in [-0.15, -0.1) is 0 Å². The van der Waals surface area contributed by atoms with Crippen LogP contribution in [0.5, 0.6) is 5.75 Å². The standard InChI is InChI=1S/C20H20ClN3O2/c1-14-6-7-18(21)19(8-14)26-13-15-4-3-5-17(9-15)20(25)22-10-16-11-23-24(2)12-16/h3-9,11-12H,10,13H2,1-2H3,(H,22,25). The number of nitrogens with one attached hydrogen (secondary N) is 1. The fourth-order valence-corrected chi connectivity index (χ4v) is 2.70. The van der Waals surface area contributed by atoms with Crippen molar-refractivity contribution in [2.24, 2.45) is 7.05 Å². The number of halogens is 1. The predicted molar refractivity (Wildman–Crippen MR) is 101 cm³/mol. The van der Waals surface area contributed by atoms with Crippen LogP contribution in [-0.2, 0) is 20.2 Å². The van der Waals surface area contributed by atoms with Gasteiger partial charge in [0, 0.05) is 30.9 Å². The molecule has 0 fully saturated rings. The van der Waals surface area contributed by atoms with Gasteiger partial charge in [0.05, 0.1) is 11.2 Å². The van der Waals surface area contributed by atoms with Crippen LogP contribution in [0.3, 0.4) is 0 Å². The Bertz CT molecular complexity index is 921. The van der Waals surface area contributed by atoms with E-state index in [1.165, 1.54) is 0 Å². The number of carbonyl (C=O) groups is 1. The van der Waals surface area contributed by atoms with E-state index in [-0.39, 0.29) is 5.91 Å². The van der Waals surface area contributed by atoms with Crippen molar-refractivity contribution in [2.45, 2.75) is 20.1 Å². The Labute approximate surface area is 157 Å². The Morgan fingerprint density at radius 1 is 1.23 bits per heavy atom. The first-order valence-corrected chi connectivity index (χ1v) is 8.62. The van der Waals surface area contributed by atoms with E-state index >= 15 is 0 Å². The minimum absolute atomic E-state index is 0.135. The molecule has 2 aromatic carbocycles. The van der Waals surface area contributed by atoms with Crippen molar-refractivity contribution in [1.82, 2.24) is 15.1 Å². The van der Waals surface area contributed by atoms with Crippen LogP contribution in [-0.4, -0.2) is 15.7 Å². The lowest BCUT2D eigenvalue weighted by Crippen LogP contribution is -2.22. The highest BCUT2D eigenvalue weighted by Crippen LogP contribution is 2.26. The molecule has 0 aliphatic rings. The van der Waals surface area contributed by atoms with Crippen LogP contribution in [0.2, 0.25) is 5.02 Å². The maximum atomic E-state index is 12.3. The first kappa shape index (κ1) is 18.0. The smallest absolute Gasteiger partial charge is 0.251 e. The van der Waals surface area contributed by atoms with Gasteiger partial charge in [-0.3, -0.25) is 9.48 Å². The van der Waals surface area contributed by atoms with Crippen LogP contribution in [0.25, 0.3) is 0 Å². The molecule has 0 saturated heterocycles. The maximum absolute atomic E-state index is 12.3. The lowest BCUT2D eigenvalue weighted by molar-refractivity contribution is 0.0950. The van der Waals surface area contributed by atoms with Crippen LogP contribution in [0.4, 0.5) is 0 Å². The zero-order valence-corrected chi connectivity index (χ0v) is 15.5. The summed E-state index contributed by atoms with van der Waals surface area (Å²) in [5.41, 5.74) is 3.52. The number of hydrogen-bond acceptors (Lipinski definition) is 3. The molecule has 5 nitrogen and oxygen atoms in total. The normalized spacial score (nSPS) is 10.6. The molecule has 3 rings (SSSR count). The number of nitrogens with zero attached hydrogens (tertiary/aromatic N) is 2. The van der Waals surface area contributed by atoms with E-state index in [4.69, 9.17) is 16.3 Å². The Balaban J connectivity index is 1.62. The first-order chi connectivity index (χ1) is 12.5. The number of carbonyl (C=O) groups excluding carboxylic acids is 1. The van der Waals surface area contributed by atoms with E-state index in [0.717, 1.165) is 16.7 Å². The molecule has 0 spiro atoms. The quantitative estimate of drug-likeness (QED) is 0.717. The molecule has 6 heteroatoms. The molecular weight excluding hydrogens is 350 g/mol. The minimum atomic E-state index is -0.135. The van der Waals surface area contributed by atoms with Gasteiger partial charge in [-0.25, -0.2) is 0 Å². The summed E-state index contributed by atoms with van der Waals surface area (Å²) >= 11 is 6.15. The molecule has 1 heterocycles. The third-order valence-electron chi connectivity index (χ3n) is 3.88. The van der Waals surface area contributed by atoms with Crippen LogP contribution in [0.1, 0.15) is 27.0 Å². The second-order valence-corrected chi connectivity index (χ2v) is 6.54. The van der Waals surface area contributed by atoms with Gasteiger partial charge >= 0.3 is 0 Å². The van der Waals surface area contributed by atoms with Crippen LogP contribution < -0.4 is 10.1 Å². The summed E-state index contributed by atoms with van der Waals surface area (Å²) in [5, 5.41) is 7.55. The number of ether oxygens (including phenoxy) is 1. The maximum Gasteiger partial charge on any atom is 0.251 e. The van der Waals surface area contributed by atoms with Crippen molar-refractivity contribution in [3.63, 3.8) is 0 Å². The lowest BCUT2D eigenvalue weighted by Gasteiger charge is -2.10. The minimum Gasteiger partial charge on any atom is -0.487 e. The van der Waals surface area contributed by atoms with Crippen molar-refractivity contribution in [1.29, 1.82) is 0 Å². The van der Waals surface area contributed by atoms with Crippen molar-refractivity contribution in [3.8, 4) is 5.75 Å². The van der Waals surface area contributed by atoms with Gasteiger partial charge in [0.2, 0.25) is 0 Å². The Morgan fingerprint density at radius 3 is 2.85 bits per heavy atom. The van der Waals surface area contributed by atoms with Crippen molar-refractivity contribution in [3.05, 3.63) is 82.1 Å². The number of rotatable bonds is 6. The van der Waals surface area contributed by atoms with Crippen LogP contribution >= 0.6 is 11.6 Å². The van der Waals surface area contributed by atoms with E-state index in [0.29, 0.717) is 29.5 Å². The van der Waals surface area contributed by atoms with Crippen molar-refractivity contribution < 1.29 is 9.53 Å². The second kappa shape index (κ2) is 8.06. The van der Waals surface area contributed by atoms with E-state index < -0.39 is 0 Å². The summed E-state index contributed by atoms with van der Waals surface area (Å²) in [4.78, 5) is 12.3. The van der Waals surface area contributed by atoms with Crippen LogP contribution in [0.15, 0.2) is 54.9 Å².